The number of aromatic nitrogens is 4. The number of aliphatic hydroxyl groups is 1. The van der Waals surface area contributed by atoms with E-state index in [0.717, 1.165) is 43.4 Å². The summed E-state index contributed by atoms with van der Waals surface area (Å²) in [5, 5.41) is 24.2. The summed E-state index contributed by atoms with van der Waals surface area (Å²) in [6.45, 7) is 2.88. The lowest BCUT2D eigenvalue weighted by Crippen LogP contribution is -2.44. The van der Waals surface area contributed by atoms with Crippen LogP contribution in [0.15, 0.2) is 6.20 Å². The topological polar surface area (TPSA) is 98.8 Å². The fourth-order valence-electron chi connectivity index (χ4n) is 2.97. The number of fused-ring (bicyclic) bond motifs is 1. The molecule has 0 radical (unpaired) electrons. The molecule has 1 fully saturated rings. The van der Waals surface area contributed by atoms with Crippen molar-refractivity contribution in [3.63, 3.8) is 0 Å². The van der Waals surface area contributed by atoms with Crippen LogP contribution < -0.4 is 10.6 Å². The first kappa shape index (κ1) is 14.1. The Morgan fingerprint density at radius 1 is 1.29 bits per heavy atom. The Hall–Kier alpha value is -1.89. The maximum Gasteiger partial charge on any atom is 0.226 e. The minimum Gasteiger partial charge on any atom is -0.394 e. The quantitative estimate of drug-likeness (QED) is 0.671. The summed E-state index contributed by atoms with van der Waals surface area (Å²) < 4.78 is 0. The van der Waals surface area contributed by atoms with Crippen molar-refractivity contribution in [3.05, 3.63) is 6.20 Å². The Morgan fingerprint density at radius 3 is 2.81 bits per heavy atom. The molecule has 7 heteroatoms. The van der Waals surface area contributed by atoms with Gasteiger partial charge in [0.05, 0.1) is 23.7 Å². The number of aliphatic hydroxyl groups excluding tert-OH is 1. The van der Waals surface area contributed by atoms with E-state index in [4.69, 9.17) is 0 Å². The normalized spacial score (nSPS) is 17.8. The highest BCUT2D eigenvalue weighted by Crippen LogP contribution is 2.33. The van der Waals surface area contributed by atoms with Crippen LogP contribution in [0.3, 0.4) is 0 Å². The monoisotopic (exact) mass is 290 g/mol. The van der Waals surface area contributed by atoms with Gasteiger partial charge in [0.15, 0.2) is 5.65 Å². The van der Waals surface area contributed by atoms with E-state index in [1.807, 2.05) is 6.92 Å². The SMILES string of the molecule is CCNc1nc(NC2(CO)CCCCC2)c2cn[nH]c2n1. The van der Waals surface area contributed by atoms with E-state index in [-0.39, 0.29) is 12.1 Å². The molecule has 3 rings (SSSR count). The van der Waals surface area contributed by atoms with E-state index in [2.05, 4.69) is 30.8 Å². The van der Waals surface area contributed by atoms with Crippen molar-refractivity contribution >= 4 is 22.8 Å². The van der Waals surface area contributed by atoms with Crippen LogP contribution in [-0.4, -0.2) is 44.0 Å². The summed E-state index contributed by atoms with van der Waals surface area (Å²) >= 11 is 0. The van der Waals surface area contributed by atoms with Crippen molar-refractivity contribution in [2.24, 2.45) is 0 Å². The first-order chi connectivity index (χ1) is 10.3. The van der Waals surface area contributed by atoms with E-state index in [1.54, 1.807) is 6.20 Å². The van der Waals surface area contributed by atoms with E-state index < -0.39 is 0 Å². The van der Waals surface area contributed by atoms with Crippen molar-refractivity contribution in [1.29, 1.82) is 0 Å². The summed E-state index contributed by atoms with van der Waals surface area (Å²) in [6, 6.07) is 0. The molecular weight excluding hydrogens is 268 g/mol. The molecule has 7 nitrogen and oxygen atoms in total. The number of hydrogen-bond acceptors (Lipinski definition) is 6. The highest BCUT2D eigenvalue weighted by atomic mass is 16.3. The average Bonchev–Trinajstić information content (AvgIpc) is 2.97. The van der Waals surface area contributed by atoms with Gasteiger partial charge in [-0.3, -0.25) is 5.10 Å². The fourth-order valence-corrected chi connectivity index (χ4v) is 2.97. The summed E-state index contributed by atoms with van der Waals surface area (Å²) in [5.41, 5.74) is 0.424. The second-order valence-corrected chi connectivity index (χ2v) is 5.68. The molecule has 114 valence electrons. The van der Waals surface area contributed by atoms with Crippen LogP contribution in [0.5, 0.6) is 0 Å². The molecule has 0 spiro atoms. The summed E-state index contributed by atoms with van der Waals surface area (Å²) in [4.78, 5) is 8.93. The minimum absolute atomic E-state index is 0.118. The summed E-state index contributed by atoms with van der Waals surface area (Å²) in [6.07, 6.45) is 7.14. The smallest absolute Gasteiger partial charge is 0.226 e. The summed E-state index contributed by atoms with van der Waals surface area (Å²) in [7, 11) is 0. The molecule has 1 saturated carbocycles. The Morgan fingerprint density at radius 2 is 2.10 bits per heavy atom. The van der Waals surface area contributed by atoms with E-state index >= 15 is 0 Å². The van der Waals surface area contributed by atoms with Gasteiger partial charge in [0.25, 0.3) is 0 Å². The van der Waals surface area contributed by atoms with Gasteiger partial charge in [-0.05, 0) is 19.8 Å². The molecule has 0 saturated heterocycles. The van der Waals surface area contributed by atoms with Crippen LogP contribution in [-0.2, 0) is 0 Å². The molecule has 4 N–H and O–H groups in total. The molecule has 2 aromatic rings. The van der Waals surface area contributed by atoms with Crippen molar-refractivity contribution in [2.75, 3.05) is 23.8 Å². The molecule has 0 atom stereocenters. The third-order valence-corrected chi connectivity index (χ3v) is 4.14. The Bertz CT molecular complexity index is 605. The van der Waals surface area contributed by atoms with Gasteiger partial charge in [-0.1, -0.05) is 19.3 Å². The van der Waals surface area contributed by atoms with Gasteiger partial charge >= 0.3 is 0 Å². The van der Waals surface area contributed by atoms with Crippen LogP contribution in [0.4, 0.5) is 11.8 Å². The van der Waals surface area contributed by atoms with Gasteiger partial charge in [-0.25, -0.2) is 0 Å². The maximum absolute atomic E-state index is 9.85. The zero-order valence-corrected chi connectivity index (χ0v) is 12.3. The van der Waals surface area contributed by atoms with Crippen LogP contribution in [0, 0.1) is 0 Å². The highest BCUT2D eigenvalue weighted by molar-refractivity contribution is 5.87. The third kappa shape index (κ3) is 2.78. The number of nitrogens with one attached hydrogen (secondary N) is 3. The summed E-state index contributed by atoms with van der Waals surface area (Å²) in [5.74, 6) is 1.31. The lowest BCUT2D eigenvalue weighted by molar-refractivity contribution is 0.172. The largest absolute Gasteiger partial charge is 0.394 e. The van der Waals surface area contributed by atoms with Crippen LogP contribution >= 0.6 is 0 Å². The second-order valence-electron chi connectivity index (χ2n) is 5.68. The molecule has 0 aliphatic heterocycles. The van der Waals surface area contributed by atoms with Crippen molar-refractivity contribution in [2.45, 2.75) is 44.6 Å². The van der Waals surface area contributed by atoms with Crippen molar-refractivity contribution in [3.8, 4) is 0 Å². The standard InChI is InChI=1S/C14H22N6O/c1-2-15-13-17-11(10-8-16-20-12(10)18-13)19-14(9-21)6-4-3-5-7-14/h8,21H,2-7,9H2,1H3,(H3,15,16,17,18,19,20). The maximum atomic E-state index is 9.85. The molecule has 2 aromatic heterocycles. The molecule has 1 aliphatic rings. The van der Waals surface area contributed by atoms with Gasteiger partial charge in [-0.2, -0.15) is 15.1 Å². The van der Waals surface area contributed by atoms with Crippen LogP contribution in [0.25, 0.3) is 11.0 Å². The lowest BCUT2D eigenvalue weighted by atomic mass is 9.82. The second kappa shape index (κ2) is 5.85. The van der Waals surface area contributed by atoms with E-state index in [1.165, 1.54) is 6.42 Å². The predicted octanol–water partition coefficient (Wildman–Crippen LogP) is 1.89. The number of H-pyrrole nitrogens is 1. The van der Waals surface area contributed by atoms with Crippen molar-refractivity contribution < 1.29 is 5.11 Å². The van der Waals surface area contributed by atoms with Gasteiger partial charge in [0.1, 0.15) is 5.82 Å². The van der Waals surface area contributed by atoms with Gasteiger partial charge in [0.2, 0.25) is 5.95 Å². The lowest BCUT2D eigenvalue weighted by Gasteiger charge is -2.37. The number of nitrogens with zero attached hydrogens (tertiary/aromatic N) is 3. The van der Waals surface area contributed by atoms with Crippen molar-refractivity contribution in [1.82, 2.24) is 20.2 Å². The zero-order valence-electron chi connectivity index (χ0n) is 12.3. The number of hydrogen-bond donors (Lipinski definition) is 4. The molecule has 0 bridgehead atoms. The molecule has 2 heterocycles. The molecule has 0 aromatic carbocycles. The fraction of sp³-hybridized carbons (Fsp3) is 0.643. The number of rotatable bonds is 5. The average molecular weight is 290 g/mol. The first-order valence-electron chi connectivity index (χ1n) is 7.60. The van der Waals surface area contributed by atoms with Crippen LogP contribution in [0.1, 0.15) is 39.0 Å². The molecule has 0 amide bonds. The highest BCUT2D eigenvalue weighted by Gasteiger charge is 2.32. The Labute approximate surface area is 123 Å². The first-order valence-corrected chi connectivity index (χ1v) is 7.60. The minimum atomic E-state index is -0.277. The predicted molar refractivity (Wildman–Crippen MR) is 82.4 cm³/mol. The van der Waals surface area contributed by atoms with E-state index in [0.29, 0.717) is 11.6 Å². The number of anilines is 2. The van der Waals surface area contributed by atoms with Gasteiger partial charge in [-0.15, -0.1) is 0 Å². The number of aromatic amines is 1. The third-order valence-electron chi connectivity index (χ3n) is 4.14. The van der Waals surface area contributed by atoms with Gasteiger partial charge in [0, 0.05) is 6.54 Å². The van der Waals surface area contributed by atoms with E-state index in [9.17, 15) is 5.11 Å². The van der Waals surface area contributed by atoms with Gasteiger partial charge < -0.3 is 15.7 Å². The molecule has 0 unspecified atom stereocenters. The molecule has 1 aliphatic carbocycles. The Balaban J connectivity index is 1.96. The Kier molecular flexibility index (Phi) is 3.92. The molecule has 21 heavy (non-hydrogen) atoms. The van der Waals surface area contributed by atoms with Crippen LogP contribution in [0.2, 0.25) is 0 Å². The molecular formula is C14H22N6O. The zero-order chi connectivity index (χ0) is 14.7.